The Morgan fingerprint density at radius 1 is 1.40 bits per heavy atom. The van der Waals surface area contributed by atoms with Gasteiger partial charge in [0.25, 0.3) is 0 Å². The second-order valence-corrected chi connectivity index (χ2v) is 5.29. The van der Waals surface area contributed by atoms with E-state index in [1.165, 1.54) is 7.11 Å². The van der Waals surface area contributed by atoms with Crippen molar-refractivity contribution in [3.8, 4) is 0 Å². The number of ether oxygens (including phenoxy) is 1. The monoisotopic (exact) mass is 278 g/mol. The molecule has 1 aliphatic rings. The number of benzene rings is 1. The highest BCUT2D eigenvalue weighted by atomic mass is 16.5. The van der Waals surface area contributed by atoms with Crippen molar-refractivity contribution in [1.29, 1.82) is 0 Å². The highest BCUT2D eigenvalue weighted by Crippen LogP contribution is 2.20. The number of aliphatic hydroxyl groups is 1. The Bertz CT molecular complexity index is 468. The smallest absolute Gasteiger partial charge is 0.337 e. The van der Waals surface area contributed by atoms with Crippen LogP contribution in [0.2, 0.25) is 0 Å². The Kier molecular flexibility index (Phi) is 4.98. The molecule has 0 aromatic heterocycles. The molecule has 0 aliphatic heterocycles. The van der Waals surface area contributed by atoms with E-state index in [1.807, 2.05) is 0 Å². The summed E-state index contributed by atoms with van der Waals surface area (Å²) in [6.07, 6.45) is 3.47. The third-order valence-electron chi connectivity index (χ3n) is 3.84. The molecule has 0 spiro atoms. The van der Waals surface area contributed by atoms with Gasteiger partial charge in [-0.1, -0.05) is 0 Å². The van der Waals surface area contributed by atoms with Gasteiger partial charge < -0.3 is 20.9 Å². The van der Waals surface area contributed by atoms with Crippen LogP contribution in [0.3, 0.4) is 0 Å². The van der Waals surface area contributed by atoms with E-state index in [0.717, 1.165) is 31.2 Å². The summed E-state index contributed by atoms with van der Waals surface area (Å²) in [5, 5.41) is 12.9. The van der Waals surface area contributed by atoms with E-state index in [-0.39, 0.29) is 12.1 Å². The van der Waals surface area contributed by atoms with Gasteiger partial charge in [0.1, 0.15) is 0 Å². The van der Waals surface area contributed by atoms with Gasteiger partial charge in [-0.05, 0) is 49.4 Å². The van der Waals surface area contributed by atoms with Crippen LogP contribution in [-0.4, -0.2) is 30.3 Å². The maximum Gasteiger partial charge on any atom is 0.337 e. The van der Waals surface area contributed by atoms with E-state index in [9.17, 15) is 9.90 Å². The van der Waals surface area contributed by atoms with Crippen molar-refractivity contribution in [3.05, 3.63) is 29.3 Å². The van der Waals surface area contributed by atoms with Gasteiger partial charge in [0.05, 0.1) is 18.8 Å². The second-order valence-electron chi connectivity index (χ2n) is 5.29. The molecular formula is C15H22N2O3. The number of carbonyl (C=O) groups excluding carboxylic acids is 1. The minimum Gasteiger partial charge on any atom is -0.465 e. The Morgan fingerprint density at radius 2 is 2.10 bits per heavy atom. The van der Waals surface area contributed by atoms with Crippen LogP contribution in [0.25, 0.3) is 0 Å². The fraction of sp³-hybridized carbons (Fsp3) is 0.533. The van der Waals surface area contributed by atoms with Crippen LogP contribution in [0.5, 0.6) is 0 Å². The molecule has 5 heteroatoms. The largest absolute Gasteiger partial charge is 0.465 e. The topological polar surface area (TPSA) is 84.6 Å². The number of carbonyl (C=O) groups is 1. The molecule has 0 amide bonds. The summed E-state index contributed by atoms with van der Waals surface area (Å²) < 4.78 is 4.71. The molecule has 1 aromatic carbocycles. The predicted octanol–water partition coefficient (Wildman–Crippen LogP) is 1.45. The summed E-state index contributed by atoms with van der Waals surface area (Å²) in [4.78, 5) is 11.5. The van der Waals surface area contributed by atoms with Gasteiger partial charge in [0.15, 0.2) is 0 Å². The lowest BCUT2D eigenvalue weighted by atomic mass is 9.93. The predicted molar refractivity (Wildman–Crippen MR) is 77.3 cm³/mol. The van der Waals surface area contributed by atoms with Crippen molar-refractivity contribution < 1.29 is 14.6 Å². The van der Waals surface area contributed by atoms with Crippen LogP contribution in [0.4, 0.5) is 5.69 Å². The lowest BCUT2D eigenvalue weighted by Crippen LogP contribution is -2.34. The van der Waals surface area contributed by atoms with Gasteiger partial charge in [0.2, 0.25) is 0 Å². The van der Waals surface area contributed by atoms with E-state index in [2.05, 4.69) is 5.32 Å². The SMILES string of the molecule is COC(=O)c1ccc(N)c(CNC2CCC(O)CC2)c1. The number of aliphatic hydroxyl groups excluding tert-OH is 1. The zero-order chi connectivity index (χ0) is 14.5. The van der Waals surface area contributed by atoms with Crippen LogP contribution >= 0.6 is 0 Å². The van der Waals surface area contributed by atoms with E-state index in [0.29, 0.717) is 23.8 Å². The van der Waals surface area contributed by atoms with Crippen LogP contribution in [0.15, 0.2) is 18.2 Å². The molecule has 1 aromatic rings. The van der Waals surface area contributed by atoms with Crippen molar-refractivity contribution in [2.45, 2.75) is 44.4 Å². The average molecular weight is 278 g/mol. The Labute approximate surface area is 119 Å². The Balaban J connectivity index is 1.96. The van der Waals surface area contributed by atoms with Crippen molar-refractivity contribution >= 4 is 11.7 Å². The van der Waals surface area contributed by atoms with E-state index in [4.69, 9.17) is 10.5 Å². The summed E-state index contributed by atoms with van der Waals surface area (Å²) in [6.45, 7) is 0.622. The van der Waals surface area contributed by atoms with Gasteiger partial charge in [-0.2, -0.15) is 0 Å². The highest BCUT2D eigenvalue weighted by molar-refractivity contribution is 5.90. The van der Waals surface area contributed by atoms with Crippen molar-refractivity contribution in [3.63, 3.8) is 0 Å². The van der Waals surface area contributed by atoms with Crippen molar-refractivity contribution in [1.82, 2.24) is 5.32 Å². The molecule has 0 atom stereocenters. The fourth-order valence-electron chi connectivity index (χ4n) is 2.54. The van der Waals surface area contributed by atoms with Gasteiger partial charge in [-0.3, -0.25) is 0 Å². The Hall–Kier alpha value is -1.59. The van der Waals surface area contributed by atoms with Crippen LogP contribution < -0.4 is 11.1 Å². The lowest BCUT2D eigenvalue weighted by molar-refractivity contribution is 0.0600. The second kappa shape index (κ2) is 6.72. The number of nitrogens with one attached hydrogen (secondary N) is 1. The van der Waals surface area contributed by atoms with Crippen molar-refractivity contribution in [2.24, 2.45) is 0 Å². The molecule has 1 aliphatic carbocycles. The van der Waals surface area contributed by atoms with Gasteiger partial charge in [0, 0.05) is 18.3 Å². The number of rotatable bonds is 4. The molecule has 4 N–H and O–H groups in total. The number of hydrogen-bond acceptors (Lipinski definition) is 5. The third-order valence-corrected chi connectivity index (χ3v) is 3.84. The quantitative estimate of drug-likeness (QED) is 0.573. The molecule has 2 rings (SSSR count). The molecule has 0 radical (unpaired) electrons. The summed E-state index contributed by atoms with van der Waals surface area (Å²) in [5.74, 6) is -0.355. The number of methoxy groups -OCH3 is 1. The molecule has 0 heterocycles. The molecule has 110 valence electrons. The molecule has 0 bridgehead atoms. The van der Waals surface area contributed by atoms with E-state index >= 15 is 0 Å². The first kappa shape index (κ1) is 14.8. The minimum atomic E-state index is -0.355. The molecule has 0 saturated heterocycles. The summed E-state index contributed by atoms with van der Waals surface area (Å²) in [5.41, 5.74) is 8.02. The average Bonchev–Trinajstić information content (AvgIpc) is 2.47. The van der Waals surface area contributed by atoms with E-state index < -0.39 is 0 Å². The number of hydrogen-bond donors (Lipinski definition) is 3. The summed E-state index contributed by atoms with van der Waals surface area (Å²) >= 11 is 0. The molecule has 5 nitrogen and oxygen atoms in total. The van der Waals surface area contributed by atoms with Gasteiger partial charge >= 0.3 is 5.97 Å². The molecule has 20 heavy (non-hydrogen) atoms. The third kappa shape index (κ3) is 3.71. The molecule has 1 fully saturated rings. The standard InChI is InChI=1S/C15H22N2O3/c1-20-15(19)10-2-7-14(16)11(8-10)9-17-12-3-5-13(18)6-4-12/h2,7-8,12-13,17-18H,3-6,9,16H2,1H3. The van der Waals surface area contributed by atoms with E-state index in [1.54, 1.807) is 18.2 Å². The first-order valence-electron chi connectivity index (χ1n) is 6.98. The lowest BCUT2D eigenvalue weighted by Gasteiger charge is -2.26. The first-order chi connectivity index (χ1) is 9.60. The highest BCUT2D eigenvalue weighted by Gasteiger charge is 2.19. The maximum atomic E-state index is 11.5. The Morgan fingerprint density at radius 3 is 2.75 bits per heavy atom. The number of nitrogen functional groups attached to an aromatic ring is 1. The van der Waals surface area contributed by atoms with Gasteiger partial charge in [-0.15, -0.1) is 0 Å². The normalized spacial score (nSPS) is 22.5. The van der Waals surface area contributed by atoms with Crippen LogP contribution in [0, 0.1) is 0 Å². The molecular weight excluding hydrogens is 256 g/mol. The maximum absolute atomic E-state index is 11.5. The fourth-order valence-corrected chi connectivity index (χ4v) is 2.54. The number of anilines is 1. The zero-order valence-electron chi connectivity index (χ0n) is 11.8. The van der Waals surface area contributed by atoms with Crippen LogP contribution in [-0.2, 0) is 11.3 Å². The minimum absolute atomic E-state index is 0.152. The van der Waals surface area contributed by atoms with Crippen molar-refractivity contribution in [2.75, 3.05) is 12.8 Å². The number of esters is 1. The summed E-state index contributed by atoms with van der Waals surface area (Å²) in [6, 6.07) is 5.57. The summed E-state index contributed by atoms with van der Waals surface area (Å²) in [7, 11) is 1.37. The number of nitrogens with two attached hydrogens (primary N) is 1. The van der Waals surface area contributed by atoms with Crippen LogP contribution in [0.1, 0.15) is 41.6 Å². The first-order valence-corrected chi connectivity index (χ1v) is 6.98. The van der Waals surface area contributed by atoms with Gasteiger partial charge in [-0.25, -0.2) is 4.79 Å². The molecule has 1 saturated carbocycles. The zero-order valence-corrected chi connectivity index (χ0v) is 11.8. The molecule has 0 unspecified atom stereocenters.